The number of hydrazine groups is 1. The first-order valence-corrected chi connectivity index (χ1v) is 6.30. The molecule has 0 aliphatic carbocycles. The minimum atomic E-state index is 0.184. The van der Waals surface area contributed by atoms with E-state index in [-0.39, 0.29) is 18.8 Å². The predicted molar refractivity (Wildman–Crippen MR) is 74.7 cm³/mol. The standard InChI is InChI=1S/C12H14N6O3/c1-2-19-12-16-10(15-11(17-12)18-13)14-7-3-4-8-9(5-7)21-6-20-8/h3-5H,2,6,13H2,1H3,(H2,14,15,16,17,18). The zero-order chi connectivity index (χ0) is 14.7. The van der Waals surface area contributed by atoms with Crippen LogP contribution in [0.3, 0.4) is 0 Å². The Hall–Kier alpha value is -2.81. The molecule has 0 saturated carbocycles. The van der Waals surface area contributed by atoms with Crippen molar-refractivity contribution in [2.24, 2.45) is 5.84 Å². The van der Waals surface area contributed by atoms with Crippen molar-refractivity contribution in [2.75, 3.05) is 24.1 Å². The van der Waals surface area contributed by atoms with E-state index in [1.807, 2.05) is 13.0 Å². The van der Waals surface area contributed by atoms with Gasteiger partial charge in [-0.2, -0.15) is 15.0 Å². The van der Waals surface area contributed by atoms with E-state index >= 15 is 0 Å². The second-order valence-corrected chi connectivity index (χ2v) is 4.04. The molecule has 9 nitrogen and oxygen atoms in total. The molecule has 0 amide bonds. The molecule has 0 atom stereocenters. The van der Waals surface area contributed by atoms with Gasteiger partial charge in [0.1, 0.15) is 0 Å². The Bertz CT molecular complexity index is 651. The molecule has 3 rings (SSSR count). The first-order valence-electron chi connectivity index (χ1n) is 6.30. The summed E-state index contributed by atoms with van der Waals surface area (Å²) in [6.07, 6.45) is 0. The highest BCUT2D eigenvalue weighted by Crippen LogP contribution is 2.34. The summed E-state index contributed by atoms with van der Waals surface area (Å²) < 4.78 is 15.8. The van der Waals surface area contributed by atoms with Gasteiger partial charge >= 0.3 is 6.01 Å². The monoisotopic (exact) mass is 290 g/mol. The van der Waals surface area contributed by atoms with Gasteiger partial charge in [0.15, 0.2) is 11.5 Å². The summed E-state index contributed by atoms with van der Waals surface area (Å²) in [4.78, 5) is 12.2. The van der Waals surface area contributed by atoms with Gasteiger partial charge in [0.25, 0.3) is 0 Å². The molecule has 0 unspecified atom stereocenters. The van der Waals surface area contributed by atoms with E-state index in [1.54, 1.807) is 12.1 Å². The Morgan fingerprint density at radius 2 is 2.00 bits per heavy atom. The van der Waals surface area contributed by atoms with Gasteiger partial charge in [-0.15, -0.1) is 0 Å². The number of fused-ring (bicyclic) bond motifs is 1. The minimum absolute atomic E-state index is 0.184. The topological polar surface area (TPSA) is 116 Å². The van der Waals surface area contributed by atoms with Crippen LogP contribution in [-0.4, -0.2) is 28.4 Å². The van der Waals surface area contributed by atoms with Gasteiger partial charge in [0.2, 0.25) is 18.7 Å². The largest absolute Gasteiger partial charge is 0.464 e. The Kier molecular flexibility index (Phi) is 3.56. The molecular formula is C12H14N6O3. The van der Waals surface area contributed by atoms with Crippen molar-refractivity contribution in [3.63, 3.8) is 0 Å². The zero-order valence-corrected chi connectivity index (χ0v) is 11.3. The lowest BCUT2D eigenvalue weighted by Gasteiger charge is -2.09. The van der Waals surface area contributed by atoms with Crippen molar-refractivity contribution in [3.8, 4) is 17.5 Å². The molecule has 4 N–H and O–H groups in total. The van der Waals surface area contributed by atoms with E-state index in [2.05, 4.69) is 25.7 Å². The summed E-state index contributed by atoms with van der Waals surface area (Å²) >= 11 is 0. The summed E-state index contributed by atoms with van der Waals surface area (Å²) in [5.74, 6) is 7.21. The molecule has 110 valence electrons. The number of benzene rings is 1. The van der Waals surface area contributed by atoms with E-state index in [0.717, 1.165) is 5.69 Å². The quantitative estimate of drug-likeness (QED) is 0.548. The van der Waals surface area contributed by atoms with Crippen LogP contribution in [-0.2, 0) is 0 Å². The lowest BCUT2D eigenvalue weighted by molar-refractivity contribution is 0.174. The van der Waals surface area contributed by atoms with Crippen LogP contribution in [0.1, 0.15) is 6.92 Å². The number of ether oxygens (including phenoxy) is 3. The third-order valence-corrected chi connectivity index (χ3v) is 2.65. The Morgan fingerprint density at radius 3 is 2.81 bits per heavy atom. The molecule has 0 radical (unpaired) electrons. The highest BCUT2D eigenvalue weighted by atomic mass is 16.7. The SMILES string of the molecule is CCOc1nc(NN)nc(Nc2ccc3c(c2)OCO3)n1. The number of aromatic nitrogens is 3. The van der Waals surface area contributed by atoms with Crippen LogP contribution in [0.2, 0.25) is 0 Å². The molecule has 1 aromatic heterocycles. The molecule has 1 aliphatic heterocycles. The van der Waals surface area contributed by atoms with Crippen molar-refractivity contribution < 1.29 is 14.2 Å². The average Bonchev–Trinajstić information content (AvgIpc) is 2.95. The van der Waals surface area contributed by atoms with Crippen molar-refractivity contribution in [3.05, 3.63) is 18.2 Å². The van der Waals surface area contributed by atoms with Crippen LogP contribution in [0.25, 0.3) is 0 Å². The van der Waals surface area contributed by atoms with Gasteiger partial charge in [-0.05, 0) is 19.1 Å². The first kappa shape index (κ1) is 13.2. The van der Waals surface area contributed by atoms with Gasteiger partial charge in [-0.1, -0.05) is 0 Å². The maximum absolute atomic E-state index is 5.33. The Labute approximate surface area is 120 Å². The summed E-state index contributed by atoms with van der Waals surface area (Å²) in [7, 11) is 0. The number of hydrogen-bond donors (Lipinski definition) is 3. The van der Waals surface area contributed by atoms with Crippen LogP contribution in [0, 0.1) is 0 Å². The molecule has 1 aliphatic rings. The Balaban J connectivity index is 1.85. The summed E-state index contributed by atoms with van der Waals surface area (Å²) in [5, 5.41) is 3.03. The fraction of sp³-hybridized carbons (Fsp3) is 0.250. The number of nitrogens with two attached hydrogens (primary N) is 1. The van der Waals surface area contributed by atoms with Crippen LogP contribution in [0.15, 0.2) is 18.2 Å². The Morgan fingerprint density at radius 1 is 1.19 bits per heavy atom. The van der Waals surface area contributed by atoms with Crippen molar-refractivity contribution in [2.45, 2.75) is 6.92 Å². The summed E-state index contributed by atoms with van der Waals surface area (Å²) in [6, 6.07) is 5.61. The van der Waals surface area contributed by atoms with Crippen LogP contribution >= 0.6 is 0 Å². The fourth-order valence-electron chi connectivity index (χ4n) is 1.77. The van der Waals surface area contributed by atoms with E-state index < -0.39 is 0 Å². The number of nitrogens with one attached hydrogen (secondary N) is 2. The number of hydrogen-bond acceptors (Lipinski definition) is 9. The van der Waals surface area contributed by atoms with Crippen LogP contribution in [0.4, 0.5) is 17.6 Å². The molecule has 2 heterocycles. The van der Waals surface area contributed by atoms with Crippen molar-refractivity contribution in [1.82, 2.24) is 15.0 Å². The van der Waals surface area contributed by atoms with Gasteiger partial charge in [-0.3, -0.25) is 5.43 Å². The minimum Gasteiger partial charge on any atom is -0.464 e. The molecular weight excluding hydrogens is 276 g/mol. The number of rotatable bonds is 5. The normalized spacial score (nSPS) is 12.1. The van der Waals surface area contributed by atoms with E-state index in [9.17, 15) is 0 Å². The molecule has 1 aromatic carbocycles. The lowest BCUT2D eigenvalue weighted by atomic mass is 10.3. The van der Waals surface area contributed by atoms with Crippen LogP contribution in [0.5, 0.6) is 17.5 Å². The lowest BCUT2D eigenvalue weighted by Crippen LogP contribution is -2.13. The molecule has 2 aromatic rings. The second kappa shape index (κ2) is 5.67. The predicted octanol–water partition coefficient (Wildman–Crippen LogP) is 1.03. The molecule has 0 saturated heterocycles. The van der Waals surface area contributed by atoms with E-state index in [0.29, 0.717) is 24.1 Å². The molecule has 0 spiro atoms. The highest BCUT2D eigenvalue weighted by Gasteiger charge is 2.14. The molecule has 9 heteroatoms. The maximum atomic E-state index is 5.33. The van der Waals surface area contributed by atoms with E-state index in [1.165, 1.54) is 0 Å². The highest BCUT2D eigenvalue weighted by molar-refractivity contribution is 5.60. The number of nitrogen functional groups attached to an aromatic ring is 1. The number of anilines is 3. The summed E-state index contributed by atoms with van der Waals surface area (Å²) in [5.41, 5.74) is 3.11. The molecule has 21 heavy (non-hydrogen) atoms. The van der Waals surface area contributed by atoms with Gasteiger partial charge in [-0.25, -0.2) is 5.84 Å². The first-order chi connectivity index (χ1) is 10.3. The maximum Gasteiger partial charge on any atom is 0.323 e. The van der Waals surface area contributed by atoms with Crippen molar-refractivity contribution >= 4 is 17.6 Å². The third kappa shape index (κ3) is 2.87. The van der Waals surface area contributed by atoms with E-state index in [4.69, 9.17) is 20.1 Å². The van der Waals surface area contributed by atoms with Crippen molar-refractivity contribution in [1.29, 1.82) is 0 Å². The van der Waals surface area contributed by atoms with Gasteiger partial charge in [0, 0.05) is 11.8 Å². The molecule has 0 bridgehead atoms. The summed E-state index contributed by atoms with van der Waals surface area (Å²) in [6.45, 7) is 2.50. The third-order valence-electron chi connectivity index (χ3n) is 2.65. The van der Waals surface area contributed by atoms with Crippen LogP contribution < -0.4 is 30.8 Å². The smallest absolute Gasteiger partial charge is 0.323 e. The number of nitrogens with zero attached hydrogens (tertiary/aromatic N) is 3. The van der Waals surface area contributed by atoms with Gasteiger partial charge < -0.3 is 19.5 Å². The molecule has 0 fully saturated rings. The average molecular weight is 290 g/mol. The van der Waals surface area contributed by atoms with Gasteiger partial charge in [0.05, 0.1) is 6.61 Å². The second-order valence-electron chi connectivity index (χ2n) is 4.04. The fourth-order valence-corrected chi connectivity index (χ4v) is 1.77. The zero-order valence-electron chi connectivity index (χ0n) is 11.3.